The monoisotopic (exact) mass is 245 g/mol. The molecule has 2 rings (SSSR count). The third-order valence-electron chi connectivity index (χ3n) is 2.11. The van der Waals surface area contributed by atoms with E-state index in [2.05, 4.69) is 4.98 Å². The van der Waals surface area contributed by atoms with Gasteiger partial charge in [0.1, 0.15) is 0 Å². The quantitative estimate of drug-likeness (QED) is 0.765. The van der Waals surface area contributed by atoms with Gasteiger partial charge in [-0.05, 0) is 13.8 Å². The summed E-state index contributed by atoms with van der Waals surface area (Å²) in [5, 5.41) is 0.154. The summed E-state index contributed by atoms with van der Waals surface area (Å²) in [6.07, 6.45) is 1.04. The predicted molar refractivity (Wildman–Crippen MR) is 56.3 cm³/mol. The van der Waals surface area contributed by atoms with Crippen LogP contribution in [0.3, 0.4) is 0 Å². The van der Waals surface area contributed by atoms with Gasteiger partial charge < -0.3 is 9.47 Å². The highest BCUT2D eigenvalue weighted by Gasteiger charge is 2.31. The van der Waals surface area contributed by atoms with E-state index in [1.807, 2.05) is 0 Å². The molecule has 1 aromatic rings. The molecule has 0 radical (unpaired) electrons. The third kappa shape index (κ3) is 2.28. The van der Waals surface area contributed by atoms with Crippen molar-refractivity contribution in [3.8, 4) is 0 Å². The first-order chi connectivity index (χ1) is 7.48. The maximum absolute atomic E-state index is 13.4. The highest BCUT2D eigenvalue weighted by molar-refractivity contribution is 7.13. The molecule has 6 heteroatoms. The van der Waals surface area contributed by atoms with Crippen LogP contribution in [0.5, 0.6) is 0 Å². The largest absolute Gasteiger partial charge is 0.345 e. The van der Waals surface area contributed by atoms with Crippen molar-refractivity contribution in [1.82, 2.24) is 4.98 Å². The molecule has 0 atom stereocenters. The molecule has 16 heavy (non-hydrogen) atoms. The molecule has 0 aromatic carbocycles. The SMILES string of the molecule is CC(C)(F)C(=O)c1ncc(C2OCCO2)s1. The Bertz CT molecular complexity index is 393. The number of alkyl halides is 1. The second-order valence-electron chi connectivity index (χ2n) is 3.94. The first-order valence-corrected chi connectivity index (χ1v) is 5.73. The van der Waals surface area contributed by atoms with Crippen LogP contribution in [-0.4, -0.2) is 29.6 Å². The fourth-order valence-electron chi connectivity index (χ4n) is 1.28. The van der Waals surface area contributed by atoms with Crippen LogP contribution in [0, 0.1) is 0 Å². The average molecular weight is 245 g/mol. The number of rotatable bonds is 3. The van der Waals surface area contributed by atoms with E-state index >= 15 is 0 Å². The summed E-state index contributed by atoms with van der Waals surface area (Å²) >= 11 is 1.11. The number of hydrogen-bond acceptors (Lipinski definition) is 5. The van der Waals surface area contributed by atoms with Crippen molar-refractivity contribution in [2.75, 3.05) is 13.2 Å². The maximum atomic E-state index is 13.4. The molecule has 1 fully saturated rings. The van der Waals surface area contributed by atoms with Crippen LogP contribution in [0.15, 0.2) is 6.20 Å². The molecular weight excluding hydrogens is 233 g/mol. The Kier molecular flexibility index (Phi) is 3.05. The number of hydrogen-bond donors (Lipinski definition) is 0. The third-order valence-corrected chi connectivity index (χ3v) is 3.13. The van der Waals surface area contributed by atoms with E-state index in [-0.39, 0.29) is 5.01 Å². The second kappa shape index (κ2) is 4.20. The summed E-state index contributed by atoms with van der Waals surface area (Å²) in [7, 11) is 0. The van der Waals surface area contributed by atoms with Crippen LogP contribution in [0.2, 0.25) is 0 Å². The van der Waals surface area contributed by atoms with E-state index in [4.69, 9.17) is 9.47 Å². The lowest BCUT2D eigenvalue weighted by molar-refractivity contribution is -0.0414. The first-order valence-electron chi connectivity index (χ1n) is 4.91. The van der Waals surface area contributed by atoms with Gasteiger partial charge in [-0.1, -0.05) is 0 Å². The Hall–Kier alpha value is -0.850. The molecule has 0 bridgehead atoms. The zero-order valence-corrected chi connectivity index (χ0v) is 9.84. The molecule has 88 valence electrons. The molecule has 1 aliphatic rings. The van der Waals surface area contributed by atoms with E-state index < -0.39 is 17.7 Å². The zero-order chi connectivity index (χ0) is 11.8. The number of Topliss-reactive ketones (excluding diaryl/α,β-unsaturated/α-hetero) is 1. The number of ether oxygens (including phenoxy) is 2. The molecular formula is C10H12FNO3S. The number of nitrogens with zero attached hydrogens (tertiary/aromatic N) is 1. The van der Waals surface area contributed by atoms with Crippen LogP contribution in [-0.2, 0) is 9.47 Å². The Balaban J connectivity index is 2.16. The normalized spacial score (nSPS) is 17.9. The molecule has 0 unspecified atom stereocenters. The van der Waals surface area contributed by atoms with E-state index in [9.17, 15) is 9.18 Å². The Morgan fingerprint density at radius 1 is 1.56 bits per heavy atom. The van der Waals surface area contributed by atoms with E-state index in [1.54, 1.807) is 0 Å². The molecule has 0 spiro atoms. The molecule has 1 aromatic heterocycles. The van der Waals surface area contributed by atoms with Crippen LogP contribution in [0.4, 0.5) is 4.39 Å². The maximum Gasteiger partial charge on any atom is 0.227 e. The van der Waals surface area contributed by atoms with Gasteiger partial charge in [0, 0.05) is 6.20 Å². The van der Waals surface area contributed by atoms with Crippen molar-refractivity contribution in [2.45, 2.75) is 25.8 Å². The van der Waals surface area contributed by atoms with Gasteiger partial charge in [0.2, 0.25) is 5.78 Å². The van der Waals surface area contributed by atoms with Crippen molar-refractivity contribution in [1.29, 1.82) is 0 Å². The molecule has 0 saturated carbocycles. The van der Waals surface area contributed by atoms with E-state index in [1.165, 1.54) is 20.0 Å². The number of ketones is 1. The van der Waals surface area contributed by atoms with Crippen molar-refractivity contribution >= 4 is 17.1 Å². The molecule has 0 N–H and O–H groups in total. The second-order valence-corrected chi connectivity index (χ2v) is 5.01. The fraction of sp³-hybridized carbons (Fsp3) is 0.600. The zero-order valence-electron chi connectivity index (χ0n) is 9.03. The number of carbonyl (C=O) groups excluding carboxylic acids is 1. The summed E-state index contributed by atoms with van der Waals surface area (Å²) in [4.78, 5) is 16.2. The van der Waals surface area contributed by atoms with Gasteiger partial charge in [0.05, 0.1) is 18.1 Å². The highest BCUT2D eigenvalue weighted by atomic mass is 32.1. The number of carbonyl (C=O) groups is 1. The van der Waals surface area contributed by atoms with Gasteiger partial charge >= 0.3 is 0 Å². The minimum atomic E-state index is -1.90. The summed E-state index contributed by atoms with van der Waals surface area (Å²) < 4.78 is 23.9. The summed E-state index contributed by atoms with van der Waals surface area (Å²) in [6.45, 7) is 3.50. The van der Waals surface area contributed by atoms with E-state index in [0.717, 1.165) is 11.3 Å². The molecule has 2 heterocycles. The van der Waals surface area contributed by atoms with Crippen LogP contribution < -0.4 is 0 Å². The van der Waals surface area contributed by atoms with Crippen LogP contribution in [0.25, 0.3) is 0 Å². The standard InChI is InChI=1S/C10H12FNO3S/c1-10(2,11)7(13)8-12-5-6(16-8)9-14-3-4-15-9/h5,9H,3-4H2,1-2H3. The van der Waals surface area contributed by atoms with Gasteiger partial charge in [-0.15, -0.1) is 11.3 Å². The molecule has 1 saturated heterocycles. The van der Waals surface area contributed by atoms with Gasteiger partial charge in [-0.3, -0.25) is 4.79 Å². The van der Waals surface area contributed by atoms with Crippen molar-refractivity contribution in [2.24, 2.45) is 0 Å². The lowest BCUT2D eigenvalue weighted by Gasteiger charge is -2.09. The van der Waals surface area contributed by atoms with E-state index in [0.29, 0.717) is 18.1 Å². The minimum Gasteiger partial charge on any atom is -0.345 e. The van der Waals surface area contributed by atoms with Crippen LogP contribution >= 0.6 is 11.3 Å². The lowest BCUT2D eigenvalue weighted by atomic mass is 10.1. The van der Waals surface area contributed by atoms with Gasteiger partial charge in [0.25, 0.3) is 0 Å². The Morgan fingerprint density at radius 2 is 2.19 bits per heavy atom. The van der Waals surface area contributed by atoms with Crippen molar-refractivity contribution in [3.05, 3.63) is 16.1 Å². The van der Waals surface area contributed by atoms with Crippen molar-refractivity contribution in [3.63, 3.8) is 0 Å². The molecule has 0 aliphatic carbocycles. The average Bonchev–Trinajstić information content (AvgIpc) is 2.85. The fourth-order valence-corrected chi connectivity index (χ4v) is 2.28. The van der Waals surface area contributed by atoms with Gasteiger partial charge in [-0.2, -0.15) is 0 Å². The van der Waals surface area contributed by atoms with Gasteiger partial charge in [0.15, 0.2) is 17.0 Å². The lowest BCUT2D eigenvalue weighted by Crippen LogP contribution is -2.25. The van der Waals surface area contributed by atoms with Crippen LogP contribution in [0.1, 0.15) is 34.8 Å². The Morgan fingerprint density at radius 3 is 2.75 bits per heavy atom. The highest BCUT2D eigenvalue weighted by Crippen LogP contribution is 2.29. The topological polar surface area (TPSA) is 48.4 Å². The summed E-state index contributed by atoms with van der Waals surface area (Å²) in [5.74, 6) is -0.609. The summed E-state index contributed by atoms with van der Waals surface area (Å²) in [6, 6.07) is 0. The van der Waals surface area contributed by atoms with Crippen molar-refractivity contribution < 1.29 is 18.7 Å². The molecule has 0 amide bonds. The molecule has 4 nitrogen and oxygen atoms in total. The predicted octanol–water partition coefficient (Wildman–Crippen LogP) is 2.12. The number of halogens is 1. The molecule has 1 aliphatic heterocycles. The first kappa shape index (κ1) is 11.6. The Labute approximate surface area is 96.4 Å². The smallest absolute Gasteiger partial charge is 0.227 e. The summed E-state index contributed by atoms with van der Waals surface area (Å²) in [5.41, 5.74) is -1.90. The number of aromatic nitrogens is 1. The number of thiazole rings is 1. The minimum absolute atomic E-state index is 0.154. The van der Waals surface area contributed by atoms with Gasteiger partial charge in [-0.25, -0.2) is 9.37 Å².